The highest BCUT2D eigenvalue weighted by molar-refractivity contribution is 7.70. The van der Waals surface area contributed by atoms with Crippen LogP contribution in [0.5, 0.6) is 5.75 Å². The molecule has 3 aromatic carbocycles. The van der Waals surface area contributed by atoms with Gasteiger partial charge in [-0.3, -0.25) is 0 Å². The van der Waals surface area contributed by atoms with Crippen molar-refractivity contribution in [3.8, 4) is 16.9 Å². The summed E-state index contributed by atoms with van der Waals surface area (Å²) in [5, 5.41) is 7.87. The first-order valence-electron chi connectivity index (χ1n) is 16.2. The third-order valence-corrected chi connectivity index (χ3v) is 11.2. The first-order valence-corrected chi connectivity index (χ1v) is 19.2. The molecule has 0 spiro atoms. The van der Waals surface area contributed by atoms with Crippen molar-refractivity contribution in [1.82, 2.24) is 9.97 Å². The Hall–Kier alpha value is -3.54. The summed E-state index contributed by atoms with van der Waals surface area (Å²) in [6.45, 7) is 12.7. The van der Waals surface area contributed by atoms with Crippen LogP contribution in [0.15, 0.2) is 66.9 Å². The summed E-state index contributed by atoms with van der Waals surface area (Å²) in [4.78, 5) is 11.8. The molecule has 1 aliphatic heterocycles. The topological polar surface area (TPSA) is 79.4 Å². The molecule has 1 saturated carbocycles. The molecule has 1 aliphatic carbocycles. The van der Waals surface area contributed by atoms with Crippen molar-refractivity contribution in [3.63, 3.8) is 0 Å². The number of hydrogen-bond acceptors (Lipinski definition) is 7. The fourth-order valence-corrected chi connectivity index (χ4v) is 7.79. The first kappa shape index (κ1) is 32.4. The Bertz CT molecular complexity index is 1760. The zero-order valence-corrected chi connectivity index (χ0v) is 29.4. The van der Waals surface area contributed by atoms with Gasteiger partial charge in [-0.05, 0) is 91.2 Å². The van der Waals surface area contributed by atoms with Gasteiger partial charge in [-0.1, -0.05) is 68.8 Å². The third kappa shape index (κ3) is 7.21. The minimum absolute atomic E-state index is 0.336. The van der Waals surface area contributed by atoms with E-state index in [4.69, 9.17) is 21.3 Å². The van der Waals surface area contributed by atoms with E-state index in [2.05, 4.69) is 53.4 Å². The normalized spacial score (nSPS) is 15.9. The van der Waals surface area contributed by atoms with Crippen LogP contribution in [-0.2, 0) is 4.57 Å². The van der Waals surface area contributed by atoms with Crippen molar-refractivity contribution in [2.24, 2.45) is 11.3 Å². The summed E-state index contributed by atoms with van der Waals surface area (Å²) in [7, 11) is -0.950. The van der Waals surface area contributed by atoms with E-state index in [0.29, 0.717) is 33.8 Å². The Morgan fingerprint density at radius 1 is 0.913 bits per heavy atom. The fraction of sp³-hybridized carbons (Fsp3) is 0.405. The van der Waals surface area contributed by atoms with Crippen LogP contribution in [-0.4, -0.2) is 43.5 Å². The molecule has 1 saturated heterocycles. The fourth-order valence-electron chi connectivity index (χ4n) is 6.49. The average molecular weight is 658 g/mol. The third-order valence-electron chi connectivity index (χ3n) is 9.36. The summed E-state index contributed by atoms with van der Waals surface area (Å²) >= 11 is 6.61. The highest BCUT2D eigenvalue weighted by Gasteiger charge is 2.33. The van der Waals surface area contributed by atoms with Crippen molar-refractivity contribution >= 4 is 52.9 Å². The van der Waals surface area contributed by atoms with Gasteiger partial charge in [0.25, 0.3) is 0 Å². The van der Waals surface area contributed by atoms with Gasteiger partial charge in [0, 0.05) is 30.1 Å². The predicted molar refractivity (Wildman–Crippen MR) is 194 cm³/mol. The van der Waals surface area contributed by atoms with E-state index in [1.54, 1.807) is 26.6 Å². The Labute approximate surface area is 278 Å². The second-order valence-corrected chi connectivity index (χ2v) is 17.7. The molecular formula is C37H45ClN5O2P. The lowest BCUT2D eigenvalue weighted by Gasteiger charge is -2.40. The Morgan fingerprint density at radius 2 is 1.63 bits per heavy atom. The molecule has 4 aromatic rings. The van der Waals surface area contributed by atoms with E-state index in [1.807, 2.05) is 48.5 Å². The molecule has 2 fully saturated rings. The van der Waals surface area contributed by atoms with E-state index in [-0.39, 0.29) is 0 Å². The van der Waals surface area contributed by atoms with E-state index < -0.39 is 7.14 Å². The molecule has 9 heteroatoms. The number of hydrogen-bond donors (Lipinski definition) is 2. The highest BCUT2D eigenvalue weighted by Crippen LogP contribution is 2.49. The summed E-state index contributed by atoms with van der Waals surface area (Å²) in [5.74, 6) is 2.87. The number of nitrogens with zero attached hydrogens (tertiary/aromatic N) is 3. The molecule has 6 rings (SSSR count). The van der Waals surface area contributed by atoms with Crippen LogP contribution in [0.4, 0.5) is 28.8 Å². The summed E-state index contributed by atoms with van der Waals surface area (Å²) < 4.78 is 19.3. The molecule has 0 atom stereocenters. The van der Waals surface area contributed by atoms with Crippen LogP contribution >= 0.6 is 18.7 Å². The molecule has 0 amide bonds. The van der Waals surface area contributed by atoms with Gasteiger partial charge >= 0.3 is 0 Å². The van der Waals surface area contributed by atoms with Gasteiger partial charge in [0.15, 0.2) is 5.82 Å². The number of anilines is 5. The van der Waals surface area contributed by atoms with E-state index in [9.17, 15) is 4.57 Å². The first-order chi connectivity index (χ1) is 21.9. The maximum Gasteiger partial charge on any atom is 0.229 e. The molecule has 0 radical (unpaired) electrons. The Morgan fingerprint density at radius 3 is 2.26 bits per heavy atom. The summed E-state index contributed by atoms with van der Waals surface area (Å²) in [6.07, 6.45) is 6.38. The quantitative estimate of drug-likeness (QED) is 0.174. The molecule has 46 heavy (non-hydrogen) atoms. The van der Waals surface area contributed by atoms with Crippen LogP contribution in [0.1, 0.15) is 57.9 Å². The summed E-state index contributed by atoms with van der Waals surface area (Å²) in [6, 6.07) is 20.4. The predicted octanol–water partition coefficient (Wildman–Crippen LogP) is 9.68. The summed E-state index contributed by atoms with van der Waals surface area (Å²) in [5.41, 5.74) is 6.57. The largest absolute Gasteiger partial charge is 0.494 e. The van der Waals surface area contributed by atoms with Crippen LogP contribution < -0.4 is 25.6 Å². The van der Waals surface area contributed by atoms with Crippen molar-refractivity contribution in [3.05, 3.63) is 77.4 Å². The van der Waals surface area contributed by atoms with Crippen molar-refractivity contribution in [2.75, 3.05) is 49.1 Å². The number of halogens is 1. The van der Waals surface area contributed by atoms with Gasteiger partial charge < -0.3 is 24.8 Å². The Kier molecular flexibility index (Phi) is 9.11. The van der Waals surface area contributed by atoms with Crippen LogP contribution in [0.3, 0.4) is 0 Å². The van der Waals surface area contributed by atoms with Gasteiger partial charge in [0.1, 0.15) is 17.9 Å². The lowest BCUT2D eigenvalue weighted by Crippen LogP contribution is -2.38. The number of methoxy groups -OCH3 is 1. The lowest BCUT2D eigenvalue weighted by atomic mass is 9.75. The number of aromatic nitrogens is 2. The maximum atomic E-state index is 13.4. The second kappa shape index (κ2) is 12.9. The number of benzene rings is 3. The standard InChI is InChI=1S/C37H45ClN5O2P/c1-37(2,3)27-16-18-43(19-17-27)32-22-33(45-4)31(21-28(32)25-12-13-25)41-36-39-23-29(38)35(42-36)40-30-15-14-26(20-34(30)46(5,6)44)24-10-8-7-9-11-24/h7-11,14-15,20-23,25,27H,12-13,16-19H2,1-6H3,(H2,39,40,41,42). The van der Waals surface area contributed by atoms with E-state index in [0.717, 1.165) is 46.9 Å². The van der Waals surface area contributed by atoms with Gasteiger partial charge in [-0.25, -0.2) is 4.98 Å². The molecule has 2 heterocycles. The smallest absolute Gasteiger partial charge is 0.229 e. The van der Waals surface area contributed by atoms with Gasteiger partial charge in [-0.2, -0.15) is 4.98 Å². The molecule has 2 N–H and O–H groups in total. The average Bonchev–Trinajstić information content (AvgIpc) is 3.88. The van der Waals surface area contributed by atoms with Gasteiger partial charge in [0.2, 0.25) is 5.95 Å². The number of nitrogens with one attached hydrogen (secondary N) is 2. The van der Waals surface area contributed by atoms with Crippen LogP contribution in [0.25, 0.3) is 11.1 Å². The van der Waals surface area contributed by atoms with E-state index in [1.165, 1.54) is 36.9 Å². The molecule has 242 valence electrons. The molecular weight excluding hydrogens is 613 g/mol. The van der Waals surface area contributed by atoms with Crippen molar-refractivity contribution in [2.45, 2.75) is 52.4 Å². The molecule has 7 nitrogen and oxygen atoms in total. The number of rotatable bonds is 9. The highest BCUT2D eigenvalue weighted by atomic mass is 35.5. The second-order valence-electron chi connectivity index (χ2n) is 14.1. The SMILES string of the molecule is COc1cc(N2CCC(C(C)(C)C)CC2)c(C2CC2)cc1Nc1ncc(Cl)c(Nc2ccc(-c3ccccc3)cc2P(C)(C)=O)n1. The molecule has 0 bridgehead atoms. The Balaban J connectivity index is 1.27. The maximum absolute atomic E-state index is 13.4. The lowest BCUT2D eigenvalue weighted by molar-refractivity contribution is 0.199. The van der Waals surface area contributed by atoms with E-state index >= 15 is 0 Å². The zero-order valence-electron chi connectivity index (χ0n) is 27.7. The minimum atomic E-state index is -2.66. The van der Waals surface area contributed by atoms with Crippen molar-refractivity contribution < 1.29 is 9.30 Å². The molecule has 2 aliphatic rings. The number of piperidine rings is 1. The molecule has 0 unspecified atom stereocenters. The molecule has 1 aromatic heterocycles. The van der Waals surface area contributed by atoms with Gasteiger partial charge in [-0.15, -0.1) is 0 Å². The van der Waals surface area contributed by atoms with Gasteiger partial charge in [0.05, 0.1) is 24.7 Å². The van der Waals surface area contributed by atoms with Crippen LogP contribution in [0, 0.1) is 11.3 Å². The monoisotopic (exact) mass is 657 g/mol. The van der Waals surface area contributed by atoms with Crippen LogP contribution in [0.2, 0.25) is 5.02 Å². The zero-order chi connectivity index (χ0) is 32.6. The van der Waals surface area contributed by atoms with Crippen molar-refractivity contribution in [1.29, 1.82) is 0 Å². The number of ether oxygens (including phenoxy) is 1. The minimum Gasteiger partial charge on any atom is -0.494 e.